The maximum atomic E-state index is 17.1. The Balaban J connectivity index is 1.38. The van der Waals surface area contributed by atoms with Gasteiger partial charge >= 0.3 is 6.01 Å². The Morgan fingerprint density at radius 3 is 2.63 bits per heavy atom. The highest BCUT2D eigenvalue weighted by Crippen LogP contribution is 2.41. The lowest BCUT2D eigenvalue weighted by Crippen LogP contribution is -2.47. The molecule has 51 heavy (non-hydrogen) atoms. The zero-order valence-corrected chi connectivity index (χ0v) is 28.5. The number of carbonyl (C=O) groups is 1. The third-order valence-electron chi connectivity index (χ3n) is 11.0. The summed E-state index contributed by atoms with van der Waals surface area (Å²) in [5, 5.41) is 20.9. The van der Waals surface area contributed by atoms with Crippen molar-refractivity contribution in [1.29, 1.82) is 10.5 Å². The van der Waals surface area contributed by atoms with E-state index in [0.29, 0.717) is 30.8 Å². The van der Waals surface area contributed by atoms with E-state index in [9.17, 15) is 19.7 Å². The van der Waals surface area contributed by atoms with Crippen LogP contribution in [-0.4, -0.2) is 82.1 Å². The van der Waals surface area contributed by atoms with Crippen LogP contribution in [0.1, 0.15) is 50.2 Å². The number of nitriles is 2. The second-order valence-corrected chi connectivity index (χ2v) is 13.9. The number of hydrogen-bond acceptors (Lipinski definition) is 9. The van der Waals surface area contributed by atoms with Crippen molar-refractivity contribution in [2.45, 2.75) is 50.6 Å². The first-order chi connectivity index (χ1) is 24.6. The number of fused-ring (bicyclic) bond motifs is 3. The van der Waals surface area contributed by atoms with E-state index in [0.717, 1.165) is 38.8 Å². The summed E-state index contributed by atoms with van der Waals surface area (Å²) in [6, 6.07) is 9.63. The number of halogens is 2. The fourth-order valence-electron chi connectivity index (χ4n) is 8.23. The summed E-state index contributed by atoms with van der Waals surface area (Å²) < 4.78 is 38.4. The van der Waals surface area contributed by atoms with Crippen LogP contribution in [0.4, 0.5) is 14.6 Å². The van der Waals surface area contributed by atoms with Gasteiger partial charge in [0.1, 0.15) is 29.5 Å². The molecule has 3 fully saturated rings. The van der Waals surface area contributed by atoms with Crippen LogP contribution >= 0.6 is 0 Å². The van der Waals surface area contributed by atoms with Crippen LogP contribution in [-0.2, 0) is 4.79 Å². The highest BCUT2D eigenvalue weighted by molar-refractivity contribution is 6.03. The van der Waals surface area contributed by atoms with E-state index in [4.69, 9.17) is 16.1 Å². The van der Waals surface area contributed by atoms with Gasteiger partial charge in [-0.05, 0) is 81.8 Å². The molecule has 0 aliphatic carbocycles. The largest absolute Gasteiger partial charge is 0.461 e. The van der Waals surface area contributed by atoms with Gasteiger partial charge in [0.05, 0.1) is 45.6 Å². The van der Waals surface area contributed by atoms with Crippen molar-refractivity contribution in [2.75, 3.05) is 44.7 Å². The summed E-state index contributed by atoms with van der Waals surface area (Å²) in [6.45, 7) is 8.36. The second kappa shape index (κ2) is 12.9. The molecule has 0 N–H and O–H groups in total. The fraction of sp³-hybridized carbons (Fsp3) is 0.385. The maximum Gasteiger partial charge on any atom is 0.319 e. The predicted molar refractivity (Wildman–Crippen MR) is 188 cm³/mol. The topological polar surface area (TPSA) is 122 Å². The molecule has 7 rings (SSSR count). The number of aromatic nitrogens is 3. The van der Waals surface area contributed by atoms with Crippen molar-refractivity contribution < 1.29 is 18.3 Å². The molecule has 258 valence electrons. The zero-order valence-electron chi connectivity index (χ0n) is 28.5. The minimum absolute atomic E-state index is 0.0343. The van der Waals surface area contributed by atoms with Crippen LogP contribution in [0.25, 0.3) is 32.9 Å². The number of pyridine rings is 1. The Kier molecular flexibility index (Phi) is 8.57. The number of likely N-dealkylation sites (N-methyl/N-ethyl adjacent to an activating group) is 1. The summed E-state index contributed by atoms with van der Waals surface area (Å²) >= 11 is 0. The van der Waals surface area contributed by atoms with E-state index in [2.05, 4.69) is 39.5 Å². The van der Waals surface area contributed by atoms with Crippen molar-refractivity contribution >= 4 is 33.4 Å². The van der Waals surface area contributed by atoms with E-state index in [1.54, 1.807) is 22.9 Å². The van der Waals surface area contributed by atoms with Gasteiger partial charge in [0.15, 0.2) is 5.82 Å². The van der Waals surface area contributed by atoms with Gasteiger partial charge in [-0.2, -0.15) is 20.5 Å². The first-order valence-corrected chi connectivity index (χ1v) is 17.0. The lowest BCUT2D eigenvalue weighted by atomic mass is 9.83. The summed E-state index contributed by atoms with van der Waals surface area (Å²) in [5.74, 6) is 0.899. The third kappa shape index (κ3) is 5.59. The molecule has 12 heteroatoms. The Labute approximate surface area is 295 Å². The van der Waals surface area contributed by atoms with Gasteiger partial charge in [-0.15, -0.1) is 6.42 Å². The van der Waals surface area contributed by atoms with E-state index < -0.39 is 23.1 Å². The molecule has 0 saturated carbocycles. The molecule has 3 aliphatic rings. The lowest BCUT2D eigenvalue weighted by molar-refractivity contribution is -0.127. The van der Waals surface area contributed by atoms with E-state index in [1.807, 2.05) is 6.92 Å². The number of likely N-dealkylation sites (tertiary alicyclic amines) is 1. The molecule has 2 aromatic heterocycles. The molecular weight excluding hydrogens is 650 g/mol. The highest BCUT2D eigenvalue weighted by Gasteiger charge is 2.47. The highest BCUT2D eigenvalue weighted by atomic mass is 19.1. The van der Waals surface area contributed by atoms with Crippen LogP contribution in [0.3, 0.4) is 0 Å². The van der Waals surface area contributed by atoms with Crippen LogP contribution in [0.5, 0.6) is 6.01 Å². The van der Waals surface area contributed by atoms with Crippen molar-refractivity contribution in [1.82, 2.24) is 24.8 Å². The molecule has 1 amide bonds. The van der Waals surface area contributed by atoms with Crippen LogP contribution < -0.4 is 9.64 Å². The minimum atomic E-state index is -0.851. The van der Waals surface area contributed by atoms with Crippen molar-refractivity contribution in [3.63, 3.8) is 0 Å². The quantitative estimate of drug-likeness (QED) is 0.169. The number of rotatable bonds is 8. The molecule has 3 aliphatic heterocycles. The van der Waals surface area contributed by atoms with Crippen LogP contribution in [0.2, 0.25) is 0 Å². The molecule has 0 bridgehead atoms. The average Bonchev–Trinajstić information content (AvgIpc) is 3.83. The lowest BCUT2D eigenvalue weighted by Gasteiger charge is -2.34. The van der Waals surface area contributed by atoms with Gasteiger partial charge in [-0.1, -0.05) is 18.6 Å². The van der Waals surface area contributed by atoms with E-state index in [1.165, 1.54) is 30.5 Å². The van der Waals surface area contributed by atoms with Crippen molar-refractivity contribution in [3.8, 4) is 41.8 Å². The smallest absolute Gasteiger partial charge is 0.319 e. The van der Waals surface area contributed by atoms with Crippen LogP contribution in [0.15, 0.2) is 43.1 Å². The molecule has 10 nitrogen and oxygen atoms in total. The molecule has 2 aromatic carbocycles. The first-order valence-electron chi connectivity index (χ1n) is 17.0. The van der Waals surface area contributed by atoms with Gasteiger partial charge in [-0.25, -0.2) is 8.78 Å². The number of benzene rings is 2. The number of amides is 1. The molecule has 3 saturated heterocycles. The standard InChI is InChI=1S/C39H36F2N8O2/c1-5-26-29(40)10-9-25-17-24(19-42)18-27(32(25)26)34-33(41)35-28(20-44-34)36(46-37(45-35)51-23-39-11-7-14-48(39)15-8-12-39)47(4)21-30-38(3,22-43)13-16-49(30)31(50)6-2/h1,6,9-10,17-18,20,30H,2,7-8,11-16,21,23H2,3-4H3/t30-,38?/m1/s1. The number of carbonyl (C=O) groups excluding carboxylic acids is 1. The number of hydrogen-bond donors (Lipinski definition) is 0. The third-order valence-corrected chi connectivity index (χ3v) is 11.0. The summed E-state index contributed by atoms with van der Waals surface area (Å²) in [5.41, 5.74) is -0.966. The first kappa shape index (κ1) is 33.8. The van der Waals surface area contributed by atoms with E-state index >= 15 is 4.39 Å². The van der Waals surface area contributed by atoms with Gasteiger partial charge in [0.25, 0.3) is 0 Å². The normalized spacial score (nSPS) is 20.9. The summed E-state index contributed by atoms with van der Waals surface area (Å²) in [7, 11) is 1.75. The molecule has 5 heterocycles. The zero-order chi connectivity index (χ0) is 36.1. The monoisotopic (exact) mass is 686 g/mol. The molecule has 0 radical (unpaired) electrons. The Bertz CT molecular complexity index is 2230. The summed E-state index contributed by atoms with van der Waals surface area (Å²) in [6.07, 6.45) is 13.0. The number of terminal acetylenes is 1. The number of nitrogens with zero attached hydrogens (tertiary/aromatic N) is 8. The molecule has 1 unspecified atom stereocenters. The van der Waals surface area contributed by atoms with Crippen LogP contribution in [0, 0.1) is 52.1 Å². The van der Waals surface area contributed by atoms with Gasteiger partial charge in [0, 0.05) is 37.3 Å². The number of ether oxygens (including phenoxy) is 1. The maximum absolute atomic E-state index is 17.1. The Morgan fingerprint density at radius 1 is 1.18 bits per heavy atom. The average molecular weight is 687 g/mol. The van der Waals surface area contributed by atoms with Gasteiger partial charge < -0.3 is 14.5 Å². The number of anilines is 1. The predicted octanol–water partition coefficient (Wildman–Crippen LogP) is 5.74. The SMILES string of the molecule is C#Cc1c(F)ccc2cc(C#N)cc(-c3ncc4c(N(C)C[C@H]5N(C(=O)C=C)CCC5(C)C#N)nc(OCC56CCCN5CCC6)nc4c3F)c12. The Morgan fingerprint density at radius 2 is 1.94 bits per heavy atom. The molecule has 2 atom stereocenters. The van der Waals surface area contributed by atoms with E-state index in [-0.39, 0.29) is 62.7 Å². The molecular formula is C39H36F2N8O2. The summed E-state index contributed by atoms with van der Waals surface area (Å²) in [4.78, 5) is 32.6. The fourth-order valence-corrected chi connectivity index (χ4v) is 8.23. The molecule has 4 aromatic rings. The van der Waals surface area contributed by atoms with Crippen molar-refractivity contribution in [2.24, 2.45) is 5.41 Å². The minimum Gasteiger partial charge on any atom is -0.461 e. The van der Waals surface area contributed by atoms with Gasteiger partial charge in [-0.3, -0.25) is 14.7 Å². The van der Waals surface area contributed by atoms with Gasteiger partial charge in [0.2, 0.25) is 5.91 Å². The Hall–Kier alpha value is -5.64. The second-order valence-electron chi connectivity index (χ2n) is 13.9. The van der Waals surface area contributed by atoms with Crippen molar-refractivity contribution in [3.05, 3.63) is 65.9 Å². The molecule has 0 spiro atoms.